The van der Waals surface area contributed by atoms with E-state index in [0.29, 0.717) is 0 Å². The van der Waals surface area contributed by atoms with Gasteiger partial charge in [-0.05, 0) is 29.8 Å². The fraction of sp³-hybridized carbons (Fsp3) is 0. The Morgan fingerprint density at radius 3 is 2.29 bits per heavy atom. The average Bonchev–Trinajstić information content (AvgIpc) is 2.47. The molecule has 0 heterocycles. The Bertz CT molecular complexity index is 682. The minimum absolute atomic E-state index is 0.123. The Balaban J connectivity index is 2.33. The molecule has 0 amide bonds. The summed E-state index contributed by atoms with van der Waals surface area (Å²) >= 11 is 5.30. The number of nitrogens with zero attached hydrogens (tertiary/aromatic N) is 1. The third kappa shape index (κ3) is 3.64. The third-order valence-corrected chi connectivity index (χ3v) is 2.77. The third-order valence-electron chi connectivity index (χ3n) is 2.55. The summed E-state index contributed by atoms with van der Waals surface area (Å²) in [5.74, 6) is -0.814. The molecule has 7 heteroatoms. The number of nitro benzene ring substituents is 1. The summed E-state index contributed by atoms with van der Waals surface area (Å²) in [5, 5.41) is 9.92. The van der Waals surface area contributed by atoms with Gasteiger partial charge in [0.05, 0.1) is 16.6 Å². The van der Waals surface area contributed by atoms with Crippen LogP contribution >= 0.6 is 11.6 Å². The van der Waals surface area contributed by atoms with Crippen LogP contribution < -0.4 is 4.74 Å². The van der Waals surface area contributed by atoms with Crippen molar-refractivity contribution in [1.29, 1.82) is 0 Å². The van der Waals surface area contributed by atoms with Crippen LogP contribution in [0.3, 0.4) is 0 Å². The minimum atomic E-state index is -0.879. The van der Waals surface area contributed by atoms with Gasteiger partial charge in [-0.15, -0.1) is 0 Å². The van der Waals surface area contributed by atoms with Crippen LogP contribution in [0.5, 0.6) is 5.75 Å². The maximum Gasteiger partial charge on any atom is 0.343 e. The van der Waals surface area contributed by atoms with Crippen LogP contribution in [0, 0.1) is 10.1 Å². The van der Waals surface area contributed by atoms with Crippen molar-refractivity contribution in [3.8, 4) is 5.75 Å². The van der Waals surface area contributed by atoms with E-state index < -0.39 is 21.8 Å². The molecule has 2 rings (SSSR count). The quantitative estimate of drug-likeness (QED) is 0.285. The second kappa shape index (κ2) is 6.15. The van der Waals surface area contributed by atoms with Crippen LogP contribution in [0.25, 0.3) is 0 Å². The number of hydrogen-bond donors (Lipinski definition) is 0. The highest BCUT2D eigenvalue weighted by Crippen LogP contribution is 2.24. The normalized spacial score (nSPS) is 9.95. The Kier molecular flexibility index (Phi) is 4.30. The van der Waals surface area contributed by atoms with E-state index in [-0.39, 0.29) is 16.9 Å². The molecule has 2 aromatic carbocycles. The predicted octanol–water partition coefficient (Wildman–Crippen LogP) is 3.19. The molecule has 0 N–H and O–H groups in total. The van der Waals surface area contributed by atoms with Gasteiger partial charge in [0.25, 0.3) is 10.9 Å². The molecule has 2 aromatic rings. The van der Waals surface area contributed by atoms with Crippen molar-refractivity contribution in [2.45, 2.75) is 0 Å². The lowest BCUT2D eigenvalue weighted by Crippen LogP contribution is -2.09. The highest BCUT2D eigenvalue weighted by Gasteiger charge is 2.16. The van der Waals surface area contributed by atoms with Crippen LogP contribution in [0.15, 0.2) is 48.5 Å². The number of hydrogen-bond acceptors (Lipinski definition) is 5. The van der Waals surface area contributed by atoms with E-state index in [1.165, 1.54) is 18.2 Å². The molecule has 0 aliphatic rings. The molecule has 0 aliphatic carbocycles. The highest BCUT2D eigenvalue weighted by molar-refractivity contribution is 6.67. The smallest absolute Gasteiger partial charge is 0.343 e. The lowest BCUT2D eigenvalue weighted by molar-refractivity contribution is -0.384. The molecular weight excluding hydrogens is 298 g/mol. The summed E-state index contributed by atoms with van der Waals surface area (Å²) in [7, 11) is 0. The first-order valence-corrected chi connectivity index (χ1v) is 6.11. The molecule has 0 fully saturated rings. The van der Waals surface area contributed by atoms with E-state index in [2.05, 4.69) is 0 Å². The monoisotopic (exact) mass is 305 g/mol. The molecule has 21 heavy (non-hydrogen) atoms. The molecule has 0 saturated heterocycles. The van der Waals surface area contributed by atoms with Gasteiger partial charge in [0.2, 0.25) is 0 Å². The van der Waals surface area contributed by atoms with E-state index in [0.717, 1.165) is 12.1 Å². The summed E-state index contributed by atoms with van der Waals surface area (Å²) in [6.07, 6.45) is 0. The molecule has 0 aliphatic heterocycles. The van der Waals surface area contributed by atoms with Crippen LogP contribution in [-0.2, 0) is 0 Å². The van der Waals surface area contributed by atoms with Crippen LogP contribution in [0.2, 0.25) is 0 Å². The molecule has 0 aromatic heterocycles. The fourth-order valence-corrected chi connectivity index (χ4v) is 1.71. The average molecular weight is 306 g/mol. The maximum absolute atomic E-state index is 11.9. The van der Waals surface area contributed by atoms with Crippen molar-refractivity contribution in [3.05, 3.63) is 69.8 Å². The first-order chi connectivity index (χ1) is 9.97. The Hall–Kier alpha value is -2.73. The molecule has 0 radical (unpaired) electrons. The Labute approximate surface area is 124 Å². The molecule has 0 saturated carbocycles. The largest absolute Gasteiger partial charge is 0.423 e. The molecule has 0 atom stereocenters. The van der Waals surface area contributed by atoms with E-state index in [1.807, 2.05) is 0 Å². The number of halogens is 1. The summed E-state index contributed by atoms with van der Waals surface area (Å²) in [5.41, 5.74) is -0.234. The fourth-order valence-electron chi connectivity index (χ4n) is 1.60. The SMILES string of the molecule is O=C(Cl)c1cc(OC(=O)c2ccccc2)cc([N+](=O)[O-])c1. The standard InChI is InChI=1S/C14H8ClNO5/c15-13(17)10-6-11(16(19)20)8-12(7-10)21-14(18)9-4-2-1-3-5-9/h1-8H. The van der Waals surface area contributed by atoms with Crippen molar-refractivity contribution in [3.63, 3.8) is 0 Å². The number of benzene rings is 2. The minimum Gasteiger partial charge on any atom is -0.423 e. The van der Waals surface area contributed by atoms with Gasteiger partial charge >= 0.3 is 5.97 Å². The van der Waals surface area contributed by atoms with E-state index in [4.69, 9.17) is 16.3 Å². The zero-order chi connectivity index (χ0) is 15.4. The molecule has 0 spiro atoms. The van der Waals surface area contributed by atoms with Gasteiger partial charge < -0.3 is 4.74 Å². The molecule has 0 unspecified atom stereocenters. The number of non-ortho nitro benzene ring substituents is 1. The molecular formula is C14H8ClNO5. The first-order valence-electron chi connectivity index (χ1n) is 5.74. The molecule has 106 valence electrons. The molecule has 6 nitrogen and oxygen atoms in total. The van der Waals surface area contributed by atoms with Gasteiger partial charge in [0.15, 0.2) is 0 Å². The van der Waals surface area contributed by atoms with E-state index >= 15 is 0 Å². The molecule has 0 bridgehead atoms. The first kappa shape index (κ1) is 14.7. The van der Waals surface area contributed by atoms with Crippen molar-refractivity contribution >= 4 is 28.5 Å². The number of carbonyl (C=O) groups excluding carboxylic acids is 2. The van der Waals surface area contributed by atoms with Crippen molar-refractivity contribution in [2.24, 2.45) is 0 Å². The predicted molar refractivity (Wildman–Crippen MR) is 74.7 cm³/mol. The second-order valence-corrected chi connectivity index (χ2v) is 4.35. The van der Waals surface area contributed by atoms with Gasteiger partial charge in [0.1, 0.15) is 5.75 Å². The van der Waals surface area contributed by atoms with Crippen LogP contribution in [0.4, 0.5) is 5.69 Å². The number of rotatable bonds is 4. The number of carbonyl (C=O) groups is 2. The summed E-state index contributed by atoms with van der Waals surface area (Å²) in [6.45, 7) is 0. The van der Waals surface area contributed by atoms with Crippen LogP contribution in [-0.4, -0.2) is 16.1 Å². The summed E-state index contributed by atoms with van der Waals surface area (Å²) in [4.78, 5) is 33.1. The van der Waals surface area contributed by atoms with Crippen LogP contribution in [0.1, 0.15) is 20.7 Å². The lowest BCUT2D eigenvalue weighted by atomic mass is 10.2. The van der Waals surface area contributed by atoms with Gasteiger partial charge in [-0.3, -0.25) is 14.9 Å². The van der Waals surface area contributed by atoms with Crippen molar-refractivity contribution < 1.29 is 19.2 Å². The van der Waals surface area contributed by atoms with Gasteiger partial charge in [-0.1, -0.05) is 18.2 Å². The number of esters is 1. The van der Waals surface area contributed by atoms with Crippen molar-refractivity contribution in [2.75, 3.05) is 0 Å². The number of nitro groups is 1. The lowest BCUT2D eigenvalue weighted by Gasteiger charge is -2.05. The second-order valence-electron chi connectivity index (χ2n) is 4.00. The van der Waals surface area contributed by atoms with Gasteiger partial charge in [-0.25, -0.2) is 4.79 Å². The van der Waals surface area contributed by atoms with Gasteiger partial charge in [0, 0.05) is 11.6 Å². The van der Waals surface area contributed by atoms with E-state index in [9.17, 15) is 19.7 Å². The Morgan fingerprint density at radius 1 is 1.05 bits per heavy atom. The van der Waals surface area contributed by atoms with Gasteiger partial charge in [-0.2, -0.15) is 0 Å². The zero-order valence-electron chi connectivity index (χ0n) is 10.5. The van der Waals surface area contributed by atoms with Crippen molar-refractivity contribution in [1.82, 2.24) is 0 Å². The highest BCUT2D eigenvalue weighted by atomic mass is 35.5. The summed E-state index contributed by atoms with van der Waals surface area (Å²) in [6, 6.07) is 11.3. The zero-order valence-corrected chi connectivity index (χ0v) is 11.2. The Morgan fingerprint density at radius 2 is 1.71 bits per heavy atom. The maximum atomic E-state index is 11.9. The summed E-state index contributed by atoms with van der Waals surface area (Å²) < 4.78 is 5.03. The van der Waals surface area contributed by atoms with E-state index in [1.54, 1.807) is 18.2 Å². The number of ether oxygens (including phenoxy) is 1. The topological polar surface area (TPSA) is 86.5 Å².